The van der Waals surface area contributed by atoms with Crippen molar-refractivity contribution in [2.45, 2.75) is 38.3 Å². The first-order valence-corrected chi connectivity index (χ1v) is 11.0. The first-order chi connectivity index (χ1) is 16.1. The number of aromatic nitrogens is 3. The molecule has 1 fully saturated rings. The number of hydrogen-bond acceptors (Lipinski definition) is 5. The summed E-state index contributed by atoms with van der Waals surface area (Å²) in [6.45, 7) is 3.95. The van der Waals surface area contributed by atoms with Gasteiger partial charge >= 0.3 is 6.18 Å². The molecule has 0 aliphatic heterocycles. The van der Waals surface area contributed by atoms with E-state index in [1.807, 2.05) is 37.3 Å². The monoisotopic (exact) mass is 490 g/mol. The van der Waals surface area contributed by atoms with Gasteiger partial charge in [-0.15, -0.1) is 0 Å². The molecule has 0 bridgehead atoms. The van der Waals surface area contributed by atoms with E-state index in [4.69, 9.17) is 16.3 Å². The van der Waals surface area contributed by atoms with Gasteiger partial charge in [0.15, 0.2) is 5.75 Å². The van der Waals surface area contributed by atoms with Crippen LogP contribution in [0, 0.1) is 19.8 Å². The average Bonchev–Trinajstić information content (AvgIpc) is 3.52. The molecule has 1 amide bonds. The molecule has 2 aromatic heterocycles. The van der Waals surface area contributed by atoms with Gasteiger partial charge in [-0.1, -0.05) is 41.9 Å². The molecule has 0 spiro atoms. The van der Waals surface area contributed by atoms with Crippen LogP contribution >= 0.6 is 11.6 Å². The maximum atomic E-state index is 13.2. The highest BCUT2D eigenvalue weighted by Gasteiger charge is 2.58. The predicted molar refractivity (Wildman–Crippen MR) is 121 cm³/mol. The van der Waals surface area contributed by atoms with Crippen molar-refractivity contribution in [3.05, 3.63) is 76.6 Å². The number of alkyl halides is 3. The van der Waals surface area contributed by atoms with Crippen LogP contribution in [-0.2, 0) is 16.4 Å². The zero-order chi connectivity index (χ0) is 24.5. The Labute approximate surface area is 199 Å². The van der Waals surface area contributed by atoms with Crippen LogP contribution in [0.1, 0.15) is 35.5 Å². The Morgan fingerprint density at radius 3 is 2.62 bits per heavy atom. The van der Waals surface area contributed by atoms with Gasteiger partial charge in [0.2, 0.25) is 5.91 Å². The van der Waals surface area contributed by atoms with Gasteiger partial charge in [0.05, 0.1) is 35.9 Å². The Kier molecular flexibility index (Phi) is 6.49. The lowest BCUT2D eigenvalue weighted by Crippen LogP contribution is -2.23. The second kappa shape index (κ2) is 9.21. The third-order valence-electron chi connectivity index (χ3n) is 6.01. The Hall–Kier alpha value is -3.20. The van der Waals surface area contributed by atoms with Crippen molar-refractivity contribution < 1.29 is 22.7 Å². The van der Waals surface area contributed by atoms with E-state index in [-0.39, 0.29) is 11.6 Å². The van der Waals surface area contributed by atoms with E-state index in [0.29, 0.717) is 31.0 Å². The Morgan fingerprint density at radius 1 is 1.21 bits per heavy atom. The zero-order valence-corrected chi connectivity index (χ0v) is 19.2. The molecule has 1 aromatic carbocycles. The number of rotatable bonds is 7. The molecule has 1 N–H and O–H groups in total. The molecule has 1 aliphatic rings. The van der Waals surface area contributed by atoms with Crippen LogP contribution in [0.4, 0.5) is 18.9 Å². The van der Waals surface area contributed by atoms with Crippen LogP contribution in [-0.4, -0.2) is 27.5 Å². The fourth-order valence-electron chi connectivity index (χ4n) is 4.16. The summed E-state index contributed by atoms with van der Waals surface area (Å²) in [4.78, 5) is 25.0. The van der Waals surface area contributed by atoms with Crippen molar-refractivity contribution in [1.82, 2.24) is 15.0 Å². The number of pyridine rings is 1. The fraction of sp³-hybridized carbons (Fsp3) is 0.333. The van der Waals surface area contributed by atoms with Crippen LogP contribution in [0.25, 0.3) is 0 Å². The molecule has 1 aliphatic carbocycles. The highest BCUT2D eigenvalue weighted by molar-refractivity contribution is 6.30. The first-order valence-electron chi connectivity index (χ1n) is 10.6. The minimum Gasteiger partial charge on any atom is -0.490 e. The molecule has 0 unspecified atom stereocenters. The minimum absolute atomic E-state index is 0.0562. The quantitative estimate of drug-likeness (QED) is 0.441. The van der Waals surface area contributed by atoms with Gasteiger partial charge in [-0.3, -0.25) is 4.79 Å². The van der Waals surface area contributed by atoms with Crippen LogP contribution in [0.15, 0.2) is 48.8 Å². The van der Waals surface area contributed by atoms with E-state index in [1.54, 1.807) is 13.1 Å². The standard InChI is InChI=1S/C24H22ClF3N4O2/c1-14-20(13-29-15(2)31-14)34-9-8-23(16-6-4-3-5-7-16)11-19(23)22(33)32-17-10-18(24(26,27)28)21(25)30-12-17/h3-7,10,12-13,19H,8-9,11H2,1-2H3,(H,32,33)/t19-,23-/m0/s1. The zero-order valence-electron chi connectivity index (χ0n) is 18.5. The van der Waals surface area contributed by atoms with Crippen molar-refractivity contribution in [3.63, 3.8) is 0 Å². The Balaban J connectivity index is 1.50. The maximum Gasteiger partial charge on any atom is 0.419 e. The SMILES string of the molecule is Cc1ncc(OCC[C@@]2(c3ccccc3)C[C@H]2C(=O)Nc2cnc(Cl)c(C(F)(F)F)c2)c(C)n1. The Bertz CT molecular complexity index is 1210. The molecule has 34 heavy (non-hydrogen) atoms. The van der Waals surface area contributed by atoms with E-state index < -0.39 is 28.2 Å². The van der Waals surface area contributed by atoms with E-state index >= 15 is 0 Å². The molecule has 0 saturated heterocycles. The van der Waals surface area contributed by atoms with E-state index in [0.717, 1.165) is 23.5 Å². The van der Waals surface area contributed by atoms with Gasteiger partial charge in [0.25, 0.3) is 0 Å². The smallest absolute Gasteiger partial charge is 0.419 e. The topological polar surface area (TPSA) is 77.0 Å². The highest BCUT2D eigenvalue weighted by Crippen LogP contribution is 2.57. The van der Waals surface area contributed by atoms with Crippen LogP contribution < -0.4 is 10.1 Å². The number of aryl methyl sites for hydroxylation is 2. The van der Waals surface area contributed by atoms with Gasteiger partial charge in [-0.25, -0.2) is 15.0 Å². The summed E-state index contributed by atoms with van der Waals surface area (Å²) in [5, 5.41) is 1.91. The molecule has 1 saturated carbocycles. The summed E-state index contributed by atoms with van der Waals surface area (Å²) >= 11 is 5.58. The van der Waals surface area contributed by atoms with E-state index in [9.17, 15) is 18.0 Å². The third-order valence-corrected chi connectivity index (χ3v) is 6.31. The number of carbonyl (C=O) groups excluding carboxylic acids is 1. The number of hydrogen-bond donors (Lipinski definition) is 1. The Morgan fingerprint density at radius 2 is 1.94 bits per heavy atom. The van der Waals surface area contributed by atoms with Gasteiger partial charge in [0.1, 0.15) is 11.0 Å². The maximum absolute atomic E-state index is 13.2. The number of amides is 1. The van der Waals surface area contributed by atoms with Crippen molar-refractivity contribution in [1.29, 1.82) is 0 Å². The fourth-order valence-corrected chi connectivity index (χ4v) is 4.37. The highest BCUT2D eigenvalue weighted by atomic mass is 35.5. The lowest BCUT2D eigenvalue weighted by atomic mass is 9.90. The average molecular weight is 491 g/mol. The summed E-state index contributed by atoms with van der Waals surface area (Å²) < 4.78 is 45.3. The molecule has 0 radical (unpaired) electrons. The lowest BCUT2D eigenvalue weighted by molar-refractivity contribution is -0.137. The summed E-state index contributed by atoms with van der Waals surface area (Å²) in [7, 11) is 0. The van der Waals surface area contributed by atoms with Crippen molar-refractivity contribution in [2.75, 3.05) is 11.9 Å². The first kappa shape index (κ1) is 23.9. The van der Waals surface area contributed by atoms with Crippen LogP contribution in [0.3, 0.4) is 0 Å². The number of nitrogens with zero attached hydrogens (tertiary/aromatic N) is 3. The number of benzene rings is 1. The molecule has 3 aromatic rings. The van der Waals surface area contributed by atoms with Gasteiger partial charge in [-0.05, 0) is 38.3 Å². The minimum atomic E-state index is -4.67. The summed E-state index contributed by atoms with van der Waals surface area (Å²) in [5.74, 6) is 0.409. The lowest BCUT2D eigenvalue weighted by Gasteiger charge is -2.19. The van der Waals surface area contributed by atoms with Gasteiger partial charge in [-0.2, -0.15) is 13.2 Å². The number of ether oxygens (including phenoxy) is 1. The van der Waals surface area contributed by atoms with Gasteiger partial charge < -0.3 is 10.1 Å². The number of nitrogens with one attached hydrogen (secondary N) is 1. The summed E-state index contributed by atoms with van der Waals surface area (Å²) in [5.41, 5.74) is 0.0562. The second-order valence-electron chi connectivity index (χ2n) is 8.29. The molecule has 2 atom stereocenters. The third kappa shape index (κ3) is 4.99. The molecular weight excluding hydrogens is 469 g/mol. The second-order valence-corrected chi connectivity index (χ2v) is 8.65. The van der Waals surface area contributed by atoms with Crippen molar-refractivity contribution >= 4 is 23.2 Å². The largest absolute Gasteiger partial charge is 0.490 e. The van der Waals surface area contributed by atoms with Crippen molar-refractivity contribution in [3.8, 4) is 5.75 Å². The summed E-state index contributed by atoms with van der Waals surface area (Å²) in [6.07, 6.45) is -0.855. The molecular formula is C24H22ClF3N4O2. The number of anilines is 1. The number of halogens is 4. The molecule has 2 heterocycles. The van der Waals surface area contributed by atoms with E-state index in [1.165, 1.54) is 0 Å². The van der Waals surface area contributed by atoms with Crippen LogP contribution in [0.2, 0.25) is 5.15 Å². The number of carbonyl (C=O) groups is 1. The molecule has 4 rings (SSSR count). The van der Waals surface area contributed by atoms with E-state index in [2.05, 4.69) is 20.3 Å². The summed E-state index contributed by atoms with van der Waals surface area (Å²) in [6, 6.07) is 10.3. The molecule has 6 nitrogen and oxygen atoms in total. The normalized spacial score (nSPS) is 19.5. The van der Waals surface area contributed by atoms with Crippen molar-refractivity contribution in [2.24, 2.45) is 5.92 Å². The van der Waals surface area contributed by atoms with Crippen LogP contribution in [0.5, 0.6) is 5.75 Å². The predicted octanol–water partition coefficient (Wildman–Crippen LogP) is 5.53. The van der Waals surface area contributed by atoms with Gasteiger partial charge in [0, 0.05) is 11.3 Å². The molecule has 10 heteroatoms. The molecule has 178 valence electrons.